The second kappa shape index (κ2) is 9.54. The van der Waals surface area contributed by atoms with Crippen LogP contribution in [0.15, 0.2) is 12.2 Å². The number of carboxylic acids is 3. The standard InChI is InChI=1S/C12H16O8/c13-7-20-6-9(12(18)19)4-2-1-3-8(11(16)17)5-10(14)15/h1-2,7-9H,3-6H2,(H,14,15)(H,16,17)(H,18,19)/b2-1+. The Morgan fingerprint density at radius 1 is 0.950 bits per heavy atom. The molecule has 0 rings (SSSR count). The van der Waals surface area contributed by atoms with Crippen LogP contribution in [0.4, 0.5) is 0 Å². The van der Waals surface area contributed by atoms with Gasteiger partial charge >= 0.3 is 17.9 Å². The summed E-state index contributed by atoms with van der Waals surface area (Å²) in [6.07, 6.45) is 2.39. The van der Waals surface area contributed by atoms with E-state index in [4.69, 9.17) is 15.3 Å². The molecule has 20 heavy (non-hydrogen) atoms. The molecule has 0 spiro atoms. The van der Waals surface area contributed by atoms with Gasteiger partial charge in [-0.05, 0) is 12.8 Å². The molecule has 0 aliphatic heterocycles. The fraction of sp³-hybridized carbons (Fsp3) is 0.500. The summed E-state index contributed by atoms with van der Waals surface area (Å²) in [5, 5.41) is 26.1. The largest absolute Gasteiger partial charge is 0.481 e. The number of carbonyl (C=O) groups excluding carboxylic acids is 1. The molecule has 0 saturated carbocycles. The van der Waals surface area contributed by atoms with Gasteiger partial charge in [0, 0.05) is 0 Å². The van der Waals surface area contributed by atoms with Crippen LogP contribution in [-0.2, 0) is 23.9 Å². The normalized spacial score (nSPS) is 13.6. The minimum absolute atomic E-state index is 0.0114. The van der Waals surface area contributed by atoms with Crippen molar-refractivity contribution < 1.29 is 39.2 Å². The molecule has 0 aromatic rings. The van der Waals surface area contributed by atoms with Crippen molar-refractivity contribution in [2.45, 2.75) is 19.3 Å². The summed E-state index contributed by atoms with van der Waals surface area (Å²) in [5.41, 5.74) is 0. The third kappa shape index (κ3) is 7.85. The quantitative estimate of drug-likeness (QED) is 0.366. The van der Waals surface area contributed by atoms with Gasteiger partial charge in [-0.25, -0.2) is 0 Å². The molecular formula is C12H16O8. The summed E-state index contributed by atoms with van der Waals surface area (Å²) in [7, 11) is 0. The summed E-state index contributed by atoms with van der Waals surface area (Å²) < 4.78 is 4.36. The van der Waals surface area contributed by atoms with E-state index in [1.165, 1.54) is 12.2 Å². The first-order valence-electron chi connectivity index (χ1n) is 5.76. The van der Waals surface area contributed by atoms with Crippen molar-refractivity contribution in [3.63, 3.8) is 0 Å². The predicted octanol–water partition coefficient (Wildman–Crippen LogP) is 0.372. The highest BCUT2D eigenvalue weighted by atomic mass is 16.5. The van der Waals surface area contributed by atoms with Gasteiger partial charge in [0.1, 0.15) is 6.61 Å². The zero-order valence-electron chi connectivity index (χ0n) is 10.6. The number of carbonyl (C=O) groups is 4. The molecule has 2 unspecified atom stereocenters. The Kier molecular flexibility index (Phi) is 8.40. The summed E-state index contributed by atoms with van der Waals surface area (Å²) in [6, 6.07) is 0. The Bertz CT molecular complexity index is 387. The molecule has 3 N–H and O–H groups in total. The molecule has 0 heterocycles. The van der Waals surface area contributed by atoms with Crippen LogP contribution in [0, 0.1) is 11.8 Å². The van der Waals surface area contributed by atoms with Crippen LogP contribution in [0.1, 0.15) is 19.3 Å². The monoisotopic (exact) mass is 288 g/mol. The summed E-state index contributed by atoms with van der Waals surface area (Å²) in [5.74, 6) is -5.56. The minimum atomic E-state index is -1.23. The van der Waals surface area contributed by atoms with E-state index >= 15 is 0 Å². The number of ether oxygens (including phenoxy) is 1. The van der Waals surface area contributed by atoms with Crippen molar-refractivity contribution >= 4 is 24.4 Å². The van der Waals surface area contributed by atoms with E-state index in [0.29, 0.717) is 0 Å². The van der Waals surface area contributed by atoms with Crippen LogP contribution < -0.4 is 0 Å². The lowest BCUT2D eigenvalue weighted by Gasteiger charge is -2.08. The first-order chi connectivity index (χ1) is 9.38. The average molecular weight is 288 g/mol. The third-order valence-corrected chi connectivity index (χ3v) is 2.49. The van der Waals surface area contributed by atoms with Crippen molar-refractivity contribution in [2.75, 3.05) is 6.61 Å². The van der Waals surface area contributed by atoms with E-state index in [2.05, 4.69) is 4.74 Å². The number of carboxylic acid groups (broad SMARTS) is 3. The molecule has 0 aromatic heterocycles. The molecule has 0 aromatic carbocycles. The first-order valence-corrected chi connectivity index (χ1v) is 5.76. The molecule has 8 nitrogen and oxygen atoms in total. The molecule has 0 fully saturated rings. The maximum atomic E-state index is 10.8. The molecule has 0 bridgehead atoms. The molecule has 0 radical (unpaired) electrons. The SMILES string of the molecule is O=COCC(C/C=C/CC(CC(=O)O)C(=O)O)C(=O)O. The van der Waals surface area contributed by atoms with E-state index < -0.39 is 36.2 Å². The fourth-order valence-corrected chi connectivity index (χ4v) is 1.40. The van der Waals surface area contributed by atoms with Gasteiger partial charge in [0.25, 0.3) is 6.47 Å². The molecule has 2 atom stereocenters. The Hall–Kier alpha value is -2.38. The molecule has 0 amide bonds. The zero-order valence-corrected chi connectivity index (χ0v) is 10.6. The van der Waals surface area contributed by atoms with E-state index in [9.17, 15) is 19.2 Å². The lowest BCUT2D eigenvalue weighted by Crippen LogP contribution is -2.19. The number of aliphatic carboxylic acids is 3. The third-order valence-electron chi connectivity index (χ3n) is 2.49. The highest BCUT2D eigenvalue weighted by Gasteiger charge is 2.20. The lowest BCUT2D eigenvalue weighted by molar-refractivity contribution is -0.148. The maximum Gasteiger partial charge on any atom is 0.310 e. The van der Waals surface area contributed by atoms with Crippen LogP contribution in [0.3, 0.4) is 0 Å². The van der Waals surface area contributed by atoms with Crippen LogP contribution in [0.2, 0.25) is 0 Å². The fourth-order valence-electron chi connectivity index (χ4n) is 1.40. The van der Waals surface area contributed by atoms with E-state index in [-0.39, 0.29) is 25.9 Å². The lowest BCUT2D eigenvalue weighted by atomic mass is 10.00. The number of rotatable bonds is 11. The average Bonchev–Trinajstić information content (AvgIpc) is 2.35. The topological polar surface area (TPSA) is 138 Å². The van der Waals surface area contributed by atoms with Gasteiger partial charge in [-0.3, -0.25) is 19.2 Å². The highest BCUT2D eigenvalue weighted by Crippen LogP contribution is 2.12. The van der Waals surface area contributed by atoms with Gasteiger partial charge in [0.2, 0.25) is 0 Å². The van der Waals surface area contributed by atoms with Crippen molar-refractivity contribution in [3.8, 4) is 0 Å². The van der Waals surface area contributed by atoms with Gasteiger partial charge in [-0.2, -0.15) is 0 Å². The highest BCUT2D eigenvalue weighted by molar-refractivity contribution is 5.77. The van der Waals surface area contributed by atoms with Gasteiger partial charge in [-0.15, -0.1) is 0 Å². The second-order valence-electron chi connectivity index (χ2n) is 4.04. The predicted molar refractivity (Wildman–Crippen MR) is 64.9 cm³/mol. The van der Waals surface area contributed by atoms with Crippen LogP contribution >= 0.6 is 0 Å². The van der Waals surface area contributed by atoms with Gasteiger partial charge in [0.05, 0.1) is 18.3 Å². The Morgan fingerprint density at radius 3 is 1.85 bits per heavy atom. The number of hydrogen-bond donors (Lipinski definition) is 3. The summed E-state index contributed by atoms with van der Waals surface area (Å²) in [6.45, 7) is -0.131. The Balaban J connectivity index is 4.31. The molecule has 0 aliphatic rings. The number of hydrogen-bond acceptors (Lipinski definition) is 5. The second-order valence-corrected chi connectivity index (χ2v) is 4.04. The van der Waals surface area contributed by atoms with E-state index in [0.717, 1.165) is 0 Å². The smallest absolute Gasteiger partial charge is 0.310 e. The van der Waals surface area contributed by atoms with E-state index in [1.54, 1.807) is 0 Å². The summed E-state index contributed by atoms with van der Waals surface area (Å²) >= 11 is 0. The van der Waals surface area contributed by atoms with Crippen molar-refractivity contribution in [2.24, 2.45) is 11.8 Å². The van der Waals surface area contributed by atoms with E-state index in [1.807, 2.05) is 0 Å². The molecule has 8 heteroatoms. The van der Waals surface area contributed by atoms with Crippen molar-refractivity contribution in [1.29, 1.82) is 0 Å². The van der Waals surface area contributed by atoms with Gasteiger partial charge in [-0.1, -0.05) is 12.2 Å². The number of allylic oxidation sites excluding steroid dienone is 2. The van der Waals surface area contributed by atoms with Gasteiger partial charge in [0.15, 0.2) is 0 Å². The van der Waals surface area contributed by atoms with Crippen LogP contribution in [0.25, 0.3) is 0 Å². The van der Waals surface area contributed by atoms with Crippen LogP contribution in [-0.4, -0.2) is 46.3 Å². The van der Waals surface area contributed by atoms with Crippen molar-refractivity contribution in [1.82, 2.24) is 0 Å². The molecule has 0 aliphatic carbocycles. The first kappa shape index (κ1) is 17.6. The maximum absolute atomic E-state index is 10.8. The molecule has 112 valence electrons. The minimum Gasteiger partial charge on any atom is -0.481 e. The Labute approximate surface area is 114 Å². The molecule has 0 saturated heterocycles. The zero-order chi connectivity index (χ0) is 15.5. The van der Waals surface area contributed by atoms with Crippen LogP contribution in [0.5, 0.6) is 0 Å². The molecular weight excluding hydrogens is 272 g/mol. The van der Waals surface area contributed by atoms with Crippen molar-refractivity contribution in [3.05, 3.63) is 12.2 Å². The summed E-state index contributed by atoms with van der Waals surface area (Å²) in [4.78, 5) is 42.0. The Morgan fingerprint density at radius 2 is 1.45 bits per heavy atom. The van der Waals surface area contributed by atoms with Gasteiger partial charge < -0.3 is 20.1 Å².